The van der Waals surface area contributed by atoms with Crippen molar-refractivity contribution in [3.63, 3.8) is 0 Å². The van der Waals surface area contributed by atoms with Crippen molar-refractivity contribution in [1.82, 2.24) is 0 Å². The zero-order chi connectivity index (χ0) is 33.9. The summed E-state index contributed by atoms with van der Waals surface area (Å²) in [6.45, 7) is 2.20. The number of hydrogen-bond donors (Lipinski definition) is 0. The zero-order valence-corrected chi connectivity index (χ0v) is 26.2. The van der Waals surface area contributed by atoms with E-state index in [0.717, 1.165) is 49.3 Å². The summed E-state index contributed by atoms with van der Waals surface area (Å²) in [6, 6.07) is 8.52. The summed E-state index contributed by atoms with van der Waals surface area (Å²) in [7, 11) is 0. The quantitative estimate of drug-likeness (QED) is 0.154. The Hall–Kier alpha value is -3.17. The summed E-state index contributed by atoms with van der Waals surface area (Å²) in [5.41, 5.74) is -1.61. The lowest BCUT2D eigenvalue weighted by atomic mass is 9.75. The second-order valence-corrected chi connectivity index (χ2v) is 13.2. The molecule has 0 heterocycles. The Labute approximate surface area is 269 Å². The molecule has 2 fully saturated rings. The van der Waals surface area contributed by atoms with E-state index in [9.17, 15) is 26.3 Å². The molecule has 47 heavy (non-hydrogen) atoms. The van der Waals surface area contributed by atoms with Gasteiger partial charge in [-0.25, -0.2) is 17.6 Å². The van der Waals surface area contributed by atoms with Crippen LogP contribution in [-0.2, 0) is 6.18 Å². The fourth-order valence-corrected chi connectivity index (χ4v) is 7.37. The molecule has 0 aromatic heterocycles. The van der Waals surface area contributed by atoms with Crippen molar-refractivity contribution >= 4 is 0 Å². The van der Waals surface area contributed by atoms with Crippen LogP contribution in [0.4, 0.5) is 39.5 Å². The average molecular weight is 671 g/mol. The minimum absolute atomic E-state index is 0.0472. The number of rotatable bonds is 10. The van der Waals surface area contributed by atoms with Crippen LogP contribution in [0.2, 0.25) is 0 Å². The Balaban J connectivity index is 1.17. The highest BCUT2D eigenvalue weighted by atomic mass is 19.4. The lowest BCUT2D eigenvalue weighted by Crippen LogP contribution is -2.37. The summed E-state index contributed by atoms with van der Waals surface area (Å²) >= 11 is 0. The third-order valence-electron chi connectivity index (χ3n) is 10.0. The van der Waals surface area contributed by atoms with Crippen LogP contribution in [-0.4, -0.2) is 6.11 Å². The van der Waals surface area contributed by atoms with Gasteiger partial charge in [0.15, 0.2) is 0 Å². The van der Waals surface area contributed by atoms with Crippen molar-refractivity contribution in [2.75, 3.05) is 0 Å². The molecule has 0 aliphatic heterocycles. The maximum Gasteiger partial charge on any atom is 0.422 e. The molecule has 0 amide bonds. The van der Waals surface area contributed by atoms with Crippen LogP contribution >= 0.6 is 0 Å². The van der Waals surface area contributed by atoms with Gasteiger partial charge in [-0.15, -0.1) is 0 Å². The molecule has 0 radical (unpaired) electrons. The minimum atomic E-state index is -5.29. The second kappa shape index (κ2) is 14.5. The molecular formula is C37H39F9O. The standard InChI is InChI=1S/C37H39F9O/c1-2-3-4-5-22-6-8-23(9-7-22)25-12-16-29(31(38)18-25)24-10-13-27(14-11-24)37(45,46)47-28-15-17-30(32(39)21-28)26-19-33(40)35(34(41)20-26)36(42,43)44/h12,15-24,27H,2-11,13-14H2,1H3. The molecule has 0 atom stereocenters. The highest BCUT2D eigenvalue weighted by Gasteiger charge is 2.44. The van der Waals surface area contributed by atoms with E-state index in [0.29, 0.717) is 42.5 Å². The lowest BCUT2D eigenvalue weighted by Gasteiger charge is -2.34. The van der Waals surface area contributed by atoms with Crippen molar-refractivity contribution in [2.45, 2.75) is 108 Å². The smallest absolute Gasteiger partial charge is 0.422 e. The SMILES string of the molecule is CCCCCC1CCC(c2ccc(C3CCC(C(F)(F)Oc4ccc(-c5cc(F)c(C(F)(F)F)c(F)c5)c(F)c4)CC3)c(F)c2)CC1. The maximum atomic E-state index is 15.3. The predicted octanol–water partition coefficient (Wildman–Crippen LogP) is 12.7. The molecule has 0 spiro atoms. The summed E-state index contributed by atoms with van der Waals surface area (Å²) in [4.78, 5) is 0. The molecule has 2 aliphatic rings. The largest absolute Gasteiger partial charge is 0.432 e. The van der Waals surface area contributed by atoms with Gasteiger partial charge in [0.1, 0.15) is 34.6 Å². The molecule has 3 aromatic carbocycles. The Kier molecular flexibility index (Phi) is 10.9. The van der Waals surface area contributed by atoms with Crippen LogP contribution in [0.5, 0.6) is 5.75 Å². The minimum Gasteiger partial charge on any atom is -0.432 e. The fourth-order valence-electron chi connectivity index (χ4n) is 7.37. The number of alkyl halides is 5. The molecule has 256 valence electrons. The summed E-state index contributed by atoms with van der Waals surface area (Å²) in [5, 5.41) is 0. The van der Waals surface area contributed by atoms with E-state index in [1.807, 2.05) is 6.07 Å². The van der Waals surface area contributed by atoms with Gasteiger partial charge in [0.2, 0.25) is 0 Å². The van der Waals surface area contributed by atoms with Gasteiger partial charge in [-0.05, 0) is 116 Å². The van der Waals surface area contributed by atoms with Crippen molar-refractivity contribution in [1.29, 1.82) is 0 Å². The third kappa shape index (κ3) is 8.29. The van der Waals surface area contributed by atoms with Crippen LogP contribution in [0, 0.1) is 35.1 Å². The molecule has 1 nitrogen and oxygen atoms in total. The van der Waals surface area contributed by atoms with E-state index < -0.39 is 58.1 Å². The number of benzene rings is 3. The lowest BCUT2D eigenvalue weighted by molar-refractivity contribution is -0.222. The Morgan fingerprint density at radius 3 is 1.87 bits per heavy atom. The first-order chi connectivity index (χ1) is 22.3. The molecule has 10 heteroatoms. The first-order valence-electron chi connectivity index (χ1n) is 16.5. The van der Waals surface area contributed by atoms with E-state index in [1.54, 1.807) is 12.1 Å². The fraction of sp³-hybridized carbons (Fsp3) is 0.514. The molecule has 0 N–H and O–H groups in total. The van der Waals surface area contributed by atoms with Gasteiger partial charge in [-0.3, -0.25) is 0 Å². The highest BCUT2D eigenvalue weighted by molar-refractivity contribution is 5.66. The molecular weight excluding hydrogens is 631 g/mol. The van der Waals surface area contributed by atoms with Crippen LogP contribution < -0.4 is 4.74 Å². The van der Waals surface area contributed by atoms with E-state index in [2.05, 4.69) is 6.92 Å². The van der Waals surface area contributed by atoms with Crippen molar-refractivity contribution in [3.8, 4) is 16.9 Å². The number of unbranched alkanes of at least 4 members (excludes halogenated alkanes) is 2. The van der Waals surface area contributed by atoms with Crippen LogP contribution in [0.1, 0.15) is 112 Å². The van der Waals surface area contributed by atoms with Crippen LogP contribution in [0.3, 0.4) is 0 Å². The molecule has 2 aliphatic carbocycles. The molecule has 0 bridgehead atoms. The third-order valence-corrected chi connectivity index (χ3v) is 10.0. The van der Waals surface area contributed by atoms with E-state index in [-0.39, 0.29) is 24.6 Å². The van der Waals surface area contributed by atoms with Gasteiger partial charge in [-0.2, -0.15) is 22.0 Å². The molecule has 0 unspecified atom stereocenters. The van der Waals surface area contributed by atoms with Crippen molar-refractivity contribution < 1.29 is 44.3 Å². The molecule has 2 saturated carbocycles. The van der Waals surface area contributed by atoms with Gasteiger partial charge < -0.3 is 4.74 Å². The van der Waals surface area contributed by atoms with Crippen LogP contribution in [0.25, 0.3) is 11.1 Å². The Bertz CT molecular complexity index is 1490. The highest BCUT2D eigenvalue weighted by Crippen LogP contribution is 2.45. The Morgan fingerprint density at radius 1 is 0.660 bits per heavy atom. The second-order valence-electron chi connectivity index (χ2n) is 13.2. The molecule has 5 rings (SSSR count). The van der Waals surface area contributed by atoms with E-state index in [1.165, 1.54) is 25.7 Å². The summed E-state index contributed by atoms with van der Waals surface area (Å²) < 4.78 is 132. The summed E-state index contributed by atoms with van der Waals surface area (Å²) in [6.07, 6.45) is 1.18. The average Bonchev–Trinajstić information content (AvgIpc) is 3.00. The first kappa shape index (κ1) is 35.1. The molecule has 3 aromatic rings. The maximum absolute atomic E-state index is 15.3. The van der Waals surface area contributed by atoms with Gasteiger partial charge >= 0.3 is 12.3 Å². The van der Waals surface area contributed by atoms with Gasteiger partial charge in [0.25, 0.3) is 0 Å². The van der Waals surface area contributed by atoms with E-state index >= 15 is 13.2 Å². The Morgan fingerprint density at radius 2 is 1.30 bits per heavy atom. The monoisotopic (exact) mass is 670 g/mol. The summed E-state index contributed by atoms with van der Waals surface area (Å²) in [5.74, 6) is -6.27. The van der Waals surface area contributed by atoms with Gasteiger partial charge in [0.05, 0.1) is 5.92 Å². The van der Waals surface area contributed by atoms with Crippen molar-refractivity contribution in [2.24, 2.45) is 11.8 Å². The number of ether oxygens (including phenoxy) is 1. The zero-order valence-electron chi connectivity index (χ0n) is 26.2. The van der Waals surface area contributed by atoms with Crippen molar-refractivity contribution in [3.05, 3.63) is 88.5 Å². The molecule has 0 saturated heterocycles. The first-order valence-corrected chi connectivity index (χ1v) is 16.5. The number of hydrogen-bond acceptors (Lipinski definition) is 1. The topological polar surface area (TPSA) is 9.23 Å². The predicted molar refractivity (Wildman–Crippen MR) is 162 cm³/mol. The number of halogens is 9. The van der Waals surface area contributed by atoms with Gasteiger partial charge in [-0.1, -0.05) is 44.7 Å². The van der Waals surface area contributed by atoms with Gasteiger partial charge in [0, 0.05) is 11.6 Å². The van der Waals surface area contributed by atoms with Crippen LogP contribution in [0.15, 0.2) is 48.5 Å². The van der Waals surface area contributed by atoms with E-state index in [4.69, 9.17) is 4.74 Å². The normalized spacial score (nSPS) is 22.3.